The van der Waals surface area contributed by atoms with Gasteiger partial charge in [-0.3, -0.25) is 9.89 Å². The highest BCUT2D eigenvalue weighted by molar-refractivity contribution is 6.02. The molecule has 0 bridgehead atoms. The summed E-state index contributed by atoms with van der Waals surface area (Å²) in [6.45, 7) is 0.284. The van der Waals surface area contributed by atoms with Gasteiger partial charge in [-0.25, -0.2) is 4.79 Å². The minimum atomic E-state index is -0.599. The number of H-pyrrole nitrogens is 1. The molecule has 2 N–H and O–H groups in total. The van der Waals surface area contributed by atoms with Crippen molar-refractivity contribution in [1.29, 1.82) is 0 Å². The Balaban J connectivity index is 1.44. The van der Waals surface area contributed by atoms with Gasteiger partial charge in [0.15, 0.2) is 12.3 Å². The summed E-state index contributed by atoms with van der Waals surface area (Å²) in [5.74, 6) is -0.891. The van der Waals surface area contributed by atoms with E-state index in [9.17, 15) is 9.59 Å². The molecule has 126 valence electrons. The molecule has 0 fully saturated rings. The van der Waals surface area contributed by atoms with E-state index in [1.165, 1.54) is 18.4 Å². The number of hydrogen-bond donors (Lipinski definition) is 2. The first-order valence-electron chi connectivity index (χ1n) is 8.29. The Morgan fingerprint density at radius 2 is 2.12 bits per heavy atom. The molecular formula is C18H21N3O3. The van der Waals surface area contributed by atoms with Crippen LogP contribution in [-0.2, 0) is 9.53 Å². The van der Waals surface area contributed by atoms with Gasteiger partial charge in [0, 0.05) is 11.9 Å². The van der Waals surface area contributed by atoms with Crippen molar-refractivity contribution in [1.82, 2.24) is 15.5 Å². The van der Waals surface area contributed by atoms with E-state index in [0.717, 1.165) is 24.8 Å². The van der Waals surface area contributed by atoms with Gasteiger partial charge in [-0.05, 0) is 38.2 Å². The number of aromatic amines is 1. The summed E-state index contributed by atoms with van der Waals surface area (Å²) in [7, 11) is 0. The lowest BCUT2D eigenvalue weighted by Crippen LogP contribution is -2.30. The van der Waals surface area contributed by atoms with E-state index in [0.29, 0.717) is 11.9 Å². The molecule has 0 atom stereocenters. The highest BCUT2D eigenvalue weighted by Gasteiger charge is 2.16. The number of amides is 1. The molecule has 1 heterocycles. The second-order valence-electron chi connectivity index (χ2n) is 5.90. The molecule has 0 spiro atoms. The molecule has 0 aliphatic heterocycles. The first-order chi connectivity index (χ1) is 11.7. The number of ether oxygens (including phenoxy) is 1. The number of fused-ring (bicyclic) bond motifs is 1. The number of carbonyl (C=O) groups excluding carboxylic acids is 2. The molecule has 0 radical (unpaired) electrons. The Morgan fingerprint density at radius 3 is 2.96 bits per heavy atom. The number of para-hydroxylation sites is 1. The Labute approximate surface area is 140 Å². The normalized spacial score (nSPS) is 14.2. The van der Waals surface area contributed by atoms with Crippen molar-refractivity contribution in [3.63, 3.8) is 0 Å². The van der Waals surface area contributed by atoms with Gasteiger partial charge < -0.3 is 10.1 Å². The zero-order valence-corrected chi connectivity index (χ0v) is 13.5. The number of carbonyl (C=O) groups is 2. The van der Waals surface area contributed by atoms with Crippen molar-refractivity contribution in [3.8, 4) is 0 Å². The summed E-state index contributed by atoms with van der Waals surface area (Å²) in [5.41, 5.74) is 2.36. The van der Waals surface area contributed by atoms with Crippen molar-refractivity contribution in [2.24, 2.45) is 0 Å². The molecule has 2 aromatic rings. The Kier molecular flexibility index (Phi) is 5.25. The standard InChI is InChI=1S/C18H21N3O3/c22-16(19-11-10-13-6-2-1-3-7-13)12-24-18(23)17-14-8-4-5-9-15(14)20-21-17/h4-6,8-9H,1-3,7,10-12H2,(H,19,22)(H,20,21). The highest BCUT2D eigenvalue weighted by atomic mass is 16.5. The third kappa shape index (κ3) is 4.01. The molecule has 1 amide bonds. The second kappa shape index (κ2) is 7.77. The fraction of sp³-hybridized carbons (Fsp3) is 0.389. The maximum Gasteiger partial charge on any atom is 0.359 e. The van der Waals surface area contributed by atoms with Crippen LogP contribution in [-0.4, -0.2) is 35.2 Å². The van der Waals surface area contributed by atoms with E-state index in [1.54, 1.807) is 6.07 Å². The zero-order valence-electron chi connectivity index (χ0n) is 13.5. The molecule has 6 nitrogen and oxygen atoms in total. The number of esters is 1. The van der Waals surface area contributed by atoms with Gasteiger partial charge in [-0.2, -0.15) is 5.10 Å². The summed E-state index contributed by atoms with van der Waals surface area (Å²) in [6, 6.07) is 7.28. The average Bonchev–Trinajstić information content (AvgIpc) is 3.05. The monoisotopic (exact) mass is 327 g/mol. The molecule has 0 saturated carbocycles. The minimum Gasteiger partial charge on any atom is -0.451 e. The van der Waals surface area contributed by atoms with Crippen LogP contribution in [0.25, 0.3) is 10.9 Å². The van der Waals surface area contributed by atoms with Crippen molar-refractivity contribution in [2.75, 3.05) is 13.2 Å². The Morgan fingerprint density at radius 1 is 1.25 bits per heavy atom. The van der Waals surface area contributed by atoms with Crippen LogP contribution in [0.4, 0.5) is 0 Å². The molecule has 3 rings (SSSR count). The fourth-order valence-corrected chi connectivity index (χ4v) is 2.86. The molecule has 1 aromatic heterocycles. The van der Waals surface area contributed by atoms with Crippen molar-refractivity contribution in [3.05, 3.63) is 41.6 Å². The van der Waals surface area contributed by atoms with Crippen molar-refractivity contribution in [2.45, 2.75) is 32.1 Å². The predicted molar refractivity (Wildman–Crippen MR) is 90.6 cm³/mol. The highest BCUT2D eigenvalue weighted by Crippen LogP contribution is 2.19. The van der Waals surface area contributed by atoms with Gasteiger partial charge in [0.05, 0.1) is 5.52 Å². The van der Waals surface area contributed by atoms with Crippen LogP contribution in [0.3, 0.4) is 0 Å². The number of allylic oxidation sites excluding steroid dienone is 1. The summed E-state index contributed by atoms with van der Waals surface area (Å²) >= 11 is 0. The van der Waals surface area contributed by atoms with Gasteiger partial charge in [0.25, 0.3) is 5.91 Å². The summed E-state index contributed by atoms with van der Waals surface area (Å²) in [4.78, 5) is 23.8. The van der Waals surface area contributed by atoms with Crippen LogP contribution in [0.15, 0.2) is 35.9 Å². The first-order valence-corrected chi connectivity index (χ1v) is 8.29. The molecule has 1 aromatic carbocycles. The molecule has 1 aliphatic rings. The van der Waals surface area contributed by atoms with E-state index in [4.69, 9.17) is 4.74 Å². The van der Waals surface area contributed by atoms with Crippen LogP contribution in [0, 0.1) is 0 Å². The van der Waals surface area contributed by atoms with Crippen LogP contribution < -0.4 is 5.32 Å². The molecule has 24 heavy (non-hydrogen) atoms. The lowest BCUT2D eigenvalue weighted by atomic mass is 9.97. The smallest absolute Gasteiger partial charge is 0.359 e. The summed E-state index contributed by atoms with van der Waals surface area (Å²) in [6.07, 6.45) is 7.88. The quantitative estimate of drug-likeness (QED) is 0.631. The van der Waals surface area contributed by atoms with Gasteiger partial charge in [-0.15, -0.1) is 0 Å². The molecule has 6 heteroatoms. The van der Waals surface area contributed by atoms with Gasteiger partial charge >= 0.3 is 5.97 Å². The lowest BCUT2D eigenvalue weighted by molar-refractivity contribution is -0.124. The summed E-state index contributed by atoms with van der Waals surface area (Å²) < 4.78 is 5.05. The van der Waals surface area contributed by atoms with Gasteiger partial charge in [0.1, 0.15) is 0 Å². The van der Waals surface area contributed by atoms with E-state index < -0.39 is 5.97 Å². The number of nitrogens with zero attached hydrogens (tertiary/aromatic N) is 1. The third-order valence-corrected chi connectivity index (χ3v) is 4.15. The largest absolute Gasteiger partial charge is 0.451 e. The topological polar surface area (TPSA) is 84.1 Å². The molecule has 1 aliphatic carbocycles. The van der Waals surface area contributed by atoms with Crippen LogP contribution in [0.5, 0.6) is 0 Å². The van der Waals surface area contributed by atoms with Gasteiger partial charge in [-0.1, -0.05) is 29.8 Å². The lowest BCUT2D eigenvalue weighted by Gasteiger charge is -2.12. The number of hydrogen-bond acceptors (Lipinski definition) is 4. The van der Waals surface area contributed by atoms with Crippen LogP contribution in [0.1, 0.15) is 42.6 Å². The van der Waals surface area contributed by atoms with E-state index >= 15 is 0 Å². The Hall–Kier alpha value is -2.63. The Bertz CT molecular complexity index is 764. The summed E-state index contributed by atoms with van der Waals surface area (Å²) in [5, 5.41) is 10.2. The van der Waals surface area contributed by atoms with Gasteiger partial charge in [0.2, 0.25) is 0 Å². The average molecular weight is 327 g/mol. The predicted octanol–water partition coefficient (Wildman–Crippen LogP) is 2.73. The number of nitrogens with one attached hydrogen (secondary N) is 2. The van der Waals surface area contributed by atoms with E-state index in [2.05, 4.69) is 21.6 Å². The van der Waals surface area contributed by atoms with Crippen molar-refractivity contribution >= 4 is 22.8 Å². The second-order valence-corrected chi connectivity index (χ2v) is 5.90. The maximum atomic E-state index is 12.1. The number of benzene rings is 1. The number of rotatable bonds is 6. The molecular weight excluding hydrogens is 306 g/mol. The third-order valence-electron chi connectivity index (χ3n) is 4.15. The maximum absolute atomic E-state index is 12.1. The van der Waals surface area contributed by atoms with Crippen LogP contribution >= 0.6 is 0 Å². The minimum absolute atomic E-state index is 0.200. The van der Waals surface area contributed by atoms with Crippen LogP contribution in [0.2, 0.25) is 0 Å². The first kappa shape index (κ1) is 16.2. The van der Waals surface area contributed by atoms with Crippen molar-refractivity contribution < 1.29 is 14.3 Å². The molecule has 0 saturated heterocycles. The SMILES string of the molecule is O=C(COC(=O)c1n[nH]c2ccccc12)NCCC1=CCCCC1. The number of aromatic nitrogens is 2. The zero-order chi connectivity index (χ0) is 16.8. The van der Waals surface area contributed by atoms with E-state index in [-0.39, 0.29) is 18.2 Å². The van der Waals surface area contributed by atoms with E-state index in [1.807, 2.05) is 18.2 Å². The fourth-order valence-electron chi connectivity index (χ4n) is 2.86. The molecule has 0 unspecified atom stereocenters.